The Bertz CT molecular complexity index is 930. The molecule has 0 atom stereocenters. The van der Waals surface area contributed by atoms with Gasteiger partial charge in [0.15, 0.2) is 5.82 Å². The molecule has 0 unspecified atom stereocenters. The second kappa shape index (κ2) is 7.67. The van der Waals surface area contributed by atoms with Crippen LogP contribution in [0, 0.1) is 11.3 Å². The van der Waals surface area contributed by atoms with Crippen LogP contribution in [0.1, 0.15) is 31.2 Å². The number of aromatic nitrogens is 2. The Morgan fingerprint density at radius 2 is 1.96 bits per heavy atom. The van der Waals surface area contributed by atoms with Crippen molar-refractivity contribution in [2.24, 2.45) is 7.05 Å². The van der Waals surface area contributed by atoms with E-state index in [2.05, 4.69) is 18.0 Å². The van der Waals surface area contributed by atoms with Crippen LogP contribution in [0.25, 0.3) is 22.7 Å². The number of nitriles is 1. The van der Waals surface area contributed by atoms with Crippen molar-refractivity contribution in [3.63, 3.8) is 0 Å². The number of unbranched alkanes of at least 4 members (excludes halogenated alkanes) is 1. The first-order chi connectivity index (χ1) is 12.2. The summed E-state index contributed by atoms with van der Waals surface area (Å²) in [5.74, 6) is 1.53. The Morgan fingerprint density at radius 1 is 1.20 bits per heavy atom. The first-order valence-electron chi connectivity index (χ1n) is 8.49. The van der Waals surface area contributed by atoms with Crippen molar-refractivity contribution >= 4 is 22.7 Å². The van der Waals surface area contributed by atoms with Crippen LogP contribution in [0.5, 0.6) is 5.75 Å². The standard InChI is InChI=1S/C21H21N3O/c1-3-4-13-25-18-11-9-16(10-12-18)14-17(15-22)21-23-19-7-5-6-8-20(19)24(21)2/h5-12,14H,3-4,13H2,1-2H3/b17-14+. The van der Waals surface area contributed by atoms with Crippen molar-refractivity contribution in [3.05, 3.63) is 59.9 Å². The highest BCUT2D eigenvalue weighted by Gasteiger charge is 2.11. The van der Waals surface area contributed by atoms with Gasteiger partial charge >= 0.3 is 0 Å². The molecule has 0 aliphatic carbocycles. The summed E-state index contributed by atoms with van der Waals surface area (Å²) in [6.45, 7) is 2.87. The second-order valence-electron chi connectivity index (χ2n) is 5.92. The third-order valence-electron chi connectivity index (χ3n) is 4.11. The lowest BCUT2D eigenvalue weighted by atomic mass is 10.1. The minimum atomic E-state index is 0.540. The van der Waals surface area contributed by atoms with Crippen molar-refractivity contribution in [2.75, 3.05) is 6.61 Å². The highest BCUT2D eigenvalue weighted by Crippen LogP contribution is 2.23. The van der Waals surface area contributed by atoms with Gasteiger partial charge in [-0.25, -0.2) is 4.98 Å². The summed E-state index contributed by atoms with van der Waals surface area (Å²) in [5.41, 5.74) is 3.39. The SMILES string of the molecule is CCCCOc1ccc(/C=C(\C#N)c2nc3ccccc3n2C)cc1. The topological polar surface area (TPSA) is 50.8 Å². The quantitative estimate of drug-likeness (QED) is 0.481. The van der Waals surface area contributed by atoms with Crippen LogP contribution in [-0.2, 0) is 7.05 Å². The number of fused-ring (bicyclic) bond motifs is 1. The van der Waals surface area contributed by atoms with Gasteiger partial charge in [-0.05, 0) is 42.3 Å². The molecule has 0 saturated carbocycles. The Hall–Kier alpha value is -3.06. The Balaban J connectivity index is 1.87. The van der Waals surface area contributed by atoms with Crippen LogP contribution in [0.4, 0.5) is 0 Å². The molecule has 126 valence electrons. The molecular formula is C21H21N3O. The maximum Gasteiger partial charge on any atom is 0.151 e. The average molecular weight is 331 g/mol. The van der Waals surface area contributed by atoms with E-state index in [-0.39, 0.29) is 0 Å². The summed E-state index contributed by atoms with van der Waals surface area (Å²) in [7, 11) is 1.93. The van der Waals surface area contributed by atoms with Gasteiger partial charge in [0, 0.05) is 7.05 Å². The van der Waals surface area contributed by atoms with Gasteiger partial charge < -0.3 is 9.30 Å². The van der Waals surface area contributed by atoms with Crippen molar-refractivity contribution in [1.82, 2.24) is 9.55 Å². The van der Waals surface area contributed by atoms with E-state index in [1.165, 1.54) is 0 Å². The van der Waals surface area contributed by atoms with Gasteiger partial charge in [0.2, 0.25) is 0 Å². The molecule has 3 rings (SSSR count). The van der Waals surface area contributed by atoms with E-state index in [1.54, 1.807) is 0 Å². The molecule has 2 aromatic carbocycles. The summed E-state index contributed by atoms with van der Waals surface area (Å²) in [5, 5.41) is 9.59. The Kier molecular flexibility index (Phi) is 5.15. The summed E-state index contributed by atoms with van der Waals surface area (Å²) < 4.78 is 7.63. The van der Waals surface area contributed by atoms with Gasteiger partial charge in [-0.15, -0.1) is 0 Å². The first kappa shape index (κ1) is 16.8. The highest BCUT2D eigenvalue weighted by atomic mass is 16.5. The van der Waals surface area contributed by atoms with Gasteiger partial charge in [0.25, 0.3) is 0 Å². The van der Waals surface area contributed by atoms with Gasteiger partial charge in [-0.1, -0.05) is 37.6 Å². The van der Waals surface area contributed by atoms with Crippen LogP contribution in [0.2, 0.25) is 0 Å². The number of aryl methyl sites for hydroxylation is 1. The number of hydrogen-bond donors (Lipinski definition) is 0. The molecule has 0 aliphatic rings. The zero-order chi connectivity index (χ0) is 17.6. The van der Waals surface area contributed by atoms with E-state index < -0.39 is 0 Å². The van der Waals surface area contributed by atoms with Crippen molar-refractivity contribution in [1.29, 1.82) is 5.26 Å². The monoisotopic (exact) mass is 331 g/mol. The predicted octanol–water partition coefficient (Wildman–Crippen LogP) is 4.82. The van der Waals surface area contributed by atoms with E-state index in [0.717, 1.165) is 41.8 Å². The molecule has 1 heterocycles. The fraction of sp³-hybridized carbons (Fsp3) is 0.238. The lowest BCUT2D eigenvalue weighted by Gasteiger charge is -2.05. The smallest absolute Gasteiger partial charge is 0.151 e. The molecule has 0 bridgehead atoms. The summed E-state index contributed by atoms with van der Waals surface area (Å²) >= 11 is 0. The number of ether oxygens (including phenoxy) is 1. The summed E-state index contributed by atoms with van der Waals surface area (Å²) in [6, 6.07) is 17.9. The van der Waals surface area contributed by atoms with Crippen LogP contribution in [0.15, 0.2) is 48.5 Å². The summed E-state index contributed by atoms with van der Waals surface area (Å²) in [4.78, 5) is 4.59. The van der Waals surface area contributed by atoms with Gasteiger partial charge in [-0.3, -0.25) is 0 Å². The molecule has 0 amide bonds. The minimum Gasteiger partial charge on any atom is -0.494 e. The molecule has 0 radical (unpaired) electrons. The molecule has 0 spiro atoms. The molecular weight excluding hydrogens is 310 g/mol. The Labute approximate surface area is 148 Å². The second-order valence-corrected chi connectivity index (χ2v) is 5.92. The van der Waals surface area contributed by atoms with E-state index >= 15 is 0 Å². The lowest BCUT2D eigenvalue weighted by molar-refractivity contribution is 0.309. The maximum atomic E-state index is 9.59. The van der Waals surface area contributed by atoms with Crippen LogP contribution >= 0.6 is 0 Å². The molecule has 0 aliphatic heterocycles. The number of nitrogens with zero attached hydrogens (tertiary/aromatic N) is 3. The van der Waals surface area contributed by atoms with Crippen molar-refractivity contribution in [3.8, 4) is 11.8 Å². The minimum absolute atomic E-state index is 0.540. The number of allylic oxidation sites excluding steroid dienone is 1. The zero-order valence-corrected chi connectivity index (χ0v) is 14.6. The maximum absolute atomic E-state index is 9.59. The van der Waals surface area contributed by atoms with E-state index in [1.807, 2.05) is 66.2 Å². The molecule has 25 heavy (non-hydrogen) atoms. The van der Waals surface area contributed by atoms with Crippen molar-refractivity contribution in [2.45, 2.75) is 19.8 Å². The molecule has 0 fully saturated rings. The van der Waals surface area contributed by atoms with E-state index in [0.29, 0.717) is 11.4 Å². The van der Waals surface area contributed by atoms with Gasteiger partial charge in [0.05, 0.1) is 23.2 Å². The number of rotatable bonds is 6. The molecule has 3 aromatic rings. The molecule has 4 heteroatoms. The normalized spacial score (nSPS) is 11.5. The number of para-hydroxylation sites is 2. The zero-order valence-electron chi connectivity index (χ0n) is 14.6. The Morgan fingerprint density at radius 3 is 2.64 bits per heavy atom. The van der Waals surface area contributed by atoms with Gasteiger partial charge in [0.1, 0.15) is 11.8 Å². The summed E-state index contributed by atoms with van der Waals surface area (Å²) in [6.07, 6.45) is 4.02. The fourth-order valence-electron chi connectivity index (χ4n) is 2.69. The molecule has 0 N–H and O–H groups in total. The largest absolute Gasteiger partial charge is 0.494 e. The highest BCUT2D eigenvalue weighted by molar-refractivity contribution is 5.90. The third-order valence-corrected chi connectivity index (χ3v) is 4.11. The number of hydrogen-bond acceptors (Lipinski definition) is 3. The third kappa shape index (κ3) is 3.72. The van der Waals surface area contributed by atoms with Crippen LogP contribution in [-0.4, -0.2) is 16.2 Å². The first-order valence-corrected chi connectivity index (χ1v) is 8.49. The predicted molar refractivity (Wildman–Crippen MR) is 101 cm³/mol. The number of benzene rings is 2. The van der Waals surface area contributed by atoms with Crippen molar-refractivity contribution < 1.29 is 4.74 Å². The average Bonchev–Trinajstić information content (AvgIpc) is 2.98. The molecule has 4 nitrogen and oxygen atoms in total. The molecule has 0 saturated heterocycles. The number of imidazole rings is 1. The lowest BCUT2D eigenvalue weighted by Crippen LogP contribution is -1.97. The van der Waals surface area contributed by atoms with Crippen LogP contribution < -0.4 is 4.74 Å². The van der Waals surface area contributed by atoms with Crippen LogP contribution in [0.3, 0.4) is 0 Å². The van der Waals surface area contributed by atoms with Gasteiger partial charge in [-0.2, -0.15) is 5.26 Å². The van der Waals surface area contributed by atoms with E-state index in [4.69, 9.17) is 4.74 Å². The fourth-order valence-corrected chi connectivity index (χ4v) is 2.69. The van der Waals surface area contributed by atoms with E-state index in [9.17, 15) is 5.26 Å². The molecule has 1 aromatic heterocycles.